The third-order valence-electron chi connectivity index (χ3n) is 3.52. The van der Waals surface area contributed by atoms with Crippen LogP contribution in [0.4, 0.5) is 4.39 Å². The highest BCUT2D eigenvalue weighted by atomic mass is 19.1. The molecule has 4 heteroatoms. The number of aromatic nitrogens is 1. The molecule has 1 aromatic heterocycles. The number of fused-ring (bicyclic) bond motifs is 1. The van der Waals surface area contributed by atoms with Crippen LogP contribution in [0.1, 0.15) is 5.56 Å². The summed E-state index contributed by atoms with van der Waals surface area (Å²) in [4.78, 5) is 5.32. The van der Waals surface area contributed by atoms with Crippen LogP contribution in [0.3, 0.4) is 0 Å². The largest absolute Gasteiger partial charge is 0.494 e. The number of methoxy groups -OCH3 is 1. The van der Waals surface area contributed by atoms with E-state index in [4.69, 9.17) is 4.74 Å². The first-order chi connectivity index (χ1) is 10.2. The molecular formula is C17H21FN2O. The van der Waals surface area contributed by atoms with Gasteiger partial charge < -0.3 is 9.72 Å². The van der Waals surface area contributed by atoms with Crippen molar-refractivity contribution in [2.45, 2.75) is 6.42 Å². The molecule has 0 spiro atoms. The van der Waals surface area contributed by atoms with Gasteiger partial charge >= 0.3 is 0 Å². The predicted molar refractivity (Wildman–Crippen MR) is 85.3 cm³/mol. The zero-order valence-electron chi connectivity index (χ0n) is 12.4. The summed E-state index contributed by atoms with van der Waals surface area (Å²) in [6, 6.07) is 3.48. The van der Waals surface area contributed by atoms with Crippen molar-refractivity contribution in [1.29, 1.82) is 0 Å². The number of nitrogens with zero attached hydrogens (tertiary/aromatic N) is 1. The zero-order valence-corrected chi connectivity index (χ0v) is 12.4. The van der Waals surface area contributed by atoms with E-state index in [0.717, 1.165) is 37.1 Å². The molecule has 0 bridgehead atoms. The van der Waals surface area contributed by atoms with Gasteiger partial charge in [0, 0.05) is 36.7 Å². The molecule has 2 rings (SSSR count). The second kappa shape index (κ2) is 7.09. The second-order valence-corrected chi connectivity index (χ2v) is 4.91. The minimum atomic E-state index is -0.301. The molecule has 0 unspecified atom stereocenters. The Morgan fingerprint density at radius 2 is 2.00 bits per heavy atom. The van der Waals surface area contributed by atoms with Gasteiger partial charge in [-0.05, 0) is 24.1 Å². The number of hydrogen-bond acceptors (Lipinski definition) is 2. The highest BCUT2D eigenvalue weighted by Gasteiger charge is 2.14. The van der Waals surface area contributed by atoms with E-state index in [9.17, 15) is 4.39 Å². The van der Waals surface area contributed by atoms with Gasteiger partial charge in [-0.2, -0.15) is 0 Å². The Hall–Kier alpha value is -2.07. The van der Waals surface area contributed by atoms with E-state index in [1.54, 1.807) is 6.07 Å². The molecule has 0 saturated carbocycles. The lowest BCUT2D eigenvalue weighted by molar-refractivity contribution is 0.340. The average molecular weight is 288 g/mol. The Balaban J connectivity index is 2.22. The van der Waals surface area contributed by atoms with Crippen molar-refractivity contribution >= 4 is 10.9 Å². The van der Waals surface area contributed by atoms with Gasteiger partial charge in [-0.3, -0.25) is 4.90 Å². The van der Waals surface area contributed by atoms with Crippen LogP contribution in [-0.2, 0) is 6.42 Å². The minimum Gasteiger partial charge on any atom is -0.494 e. The molecule has 0 saturated heterocycles. The molecule has 0 atom stereocenters. The molecule has 0 aliphatic heterocycles. The molecule has 0 aliphatic carbocycles. The van der Waals surface area contributed by atoms with Crippen molar-refractivity contribution in [2.24, 2.45) is 0 Å². The van der Waals surface area contributed by atoms with Crippen molar-refractivity contribution < 1.29 is 9.13 Å². The standard InChI is InChI=1S/C17H21FN2O/c1-4-9-20(10-5-2)11-8-13-12-19-14-6-7-15(21-3)17(18)16(13)14/h4-7,12,19H,1-2,8-11H2,3H3. The molecule has 2 aromatic rings. The summed E-state index contributed by atoms with van der Waals surface area (Å²) in [7, 11) is 1.48. The lowest BCUT2D eigenvalue weighted by Gasteiger charge is -2.18. The molecule has 21 heavy (non-hydrogen) atoms. The zero-order chi connectivity index (χ0) is 15.2. The van der Waals surface area contributed by atoms with E-state index >= 15 is 0 Å². The van der Waals surface area contributed by atoms with Crippen LogP contribution in [-0.4, -0.2) is 36.6 Å². The van der Waals surface area contributed by atoms with Gasteiger partial charge in [-0.25, -0.2) is 4.39 Å². The van der Waals surface area contributed by atoms with Crippen molar-refractivity contribution in [3.05, 3.63) is 55.0 Å². The number of benzene rings is 1. The fourth-order valence-electron chi connectivity index (χ4n) is 2.48. The van der Waals surface area contributed by atoms with Crippen LogP contribution < -0.4 is 4.74 Å². The number of ether oxygens (including phenoxy) is 1. The topological polar surface area (TPSA) is 28.3 Å². The smallest absolute Gasteiger partial charge is 0.174 e. The third kappa shape index (κ3) is 3.34. The van der Waals surface area contributed by atoms with E-state index < -0.39 is 0 Å². The maximum Gasteiger partial charge on any atom is 0.174 e. The number of nitrogens with one attached hydrogen (secondary N) is 1. The molecular weight excluding hydrogens is 267 g/mol. The molecule has 1 aromatic carbocycles. The van der Waals surface area contributed by atoms with Crippen LogP contribution in [0.2, 0.25) is 0 Å². The van der Waals surface area contributed by atoms with E-state index in [1.165, 1.54) is 7.11 Å². The Morgan fingerprint density at radius 1 is 1.29 bits per heavy atom. The number of rotatable bonds is 8. The van der Waals surface area contributed by atoms with Crippen molar-refractivity contribution in [1.82, 2.24) is 9.88 Å². The molecule has 3 nitrogen and oxygen atoms in total. The highest BCUT2D eigenvalue weighted by Crippen LogP contribution is 2.28. The van der Waals surface area contributed by atoms with Gasteiger partial charge in [0.2, 0.25) is 0 Å². The Bertz CT molecular complexity index is 623. The normalized spacial score (nSPS) is 11.0. The Labute approximate surface area is 124 Å². The van der Waals surface area contributed by atoms with Gasteiger partial charge in [-0.1, -0.05) is 12.2 Å². The van der Waals surface area contributed by atoms with E-state index in [2.05, 4.69) is 23.0 Å². The quantitative estimate of drug-likeness (QED) is 0.753. The van der Waals surface area contributed by atoms with Gasteiger partial charge in [0.05, 0.1) is 7.11 Å². The molecule has 1 N–H and O–H groups in total. The Morgan fingerprint density at radius 3 is 2.62 bits per heavy atom. The van der Waals surface area contributed by atoms with Crippen LogP contribution in [0.25, 0.3) is 10.9 Å². The summed E-state index contributed by atoms with van der Waals surface area (Å²) in [5.41, 5.74) is 1.75. The second-order valence-electron chi connectivity index (χ2n) is 4.91. The van der Waals surface area contributed by atoms with E-state index in [0.29, 0.717) is 5.39 Å². The van der Waals surface area contributed by atoms with Crippen LogP contribution in [0.5, 0.6) is 5.75 Å². The average Bonchev–Trinajstić information content (AvgIpc) is 2.90. The fraction of sp³-hybridized carbons (Fsp3) is 0.294. The third-order valence-corrected chi connectivity index (χ3v) is 3.52. The monoisotopic (exact) mass is 288 g/mol. The first-order valence-electron chi connectivity index (χ1n) is 6.97. The first-order valence-corrected chi connectivity index (χ1v) is 6.97. The maximum atomic E-state index is 14.4. The van der Waals surface area contributed by atoms with Gasteiger partial charge in [0.25, 0.3) is 0 Å². The molecule has 1 heterocycles. The number of H-pyrrole nitrogens is 1. The lowest BCUT2D eigenvalue weighted by atomic mass is 10.1. The van der Waals surface area contributed by atoms with Crippen LogP contribution >= 0.6 is 0 Å². The summed E-state index contributed by atoms with van der Waals surface area (Å²) in [5.74, 6) is -0.0253. The van der Waals surface area contributed by atoms with Crippen molar-refractivity contribution in [3.63, 3.8) is 0 Å². The number of aromatic amines is 1. The van der Waals surface area contributed by atoms with Crippen molar-refractivity contribution in [2.75, 3.05) is 26.7 Å². The summed E-state index contributed by atoms with van der Waals surface area (Å²) in [6.45, 7) is 9.92. The van der Waals surface area contributed by atoms with E-state index in [-0.39, 0.29) is 11.6 Å². The fourth-order valence-corrected chi connectivity index (χ4v) is 2.48. The Kier molecular flexibility index (Phi) is 5.17. The summed E-state index contributed by atoms with van der Waals surface area (Å²) < 4.78 is 19.4. The number of halogens is 1. The molecule has 0 radical (unpaired) electrons. The van der Waals surface area contributed by atoms with E-state index in [1.807, 2.05) is 24.4 Å². The van der Waals surface area contributed by atoms with Gasteiger partial charge in [-0.15, -0.1) is 13.2 Å². The molecule has 112 valence electrons. The molecule has 0 amide bonds. The highest BCUT2D eigenvalue weighted by molar-refractivity contribution is 5.85. The lowest BCUT2D eigenvalue weighted by Crippen LogP contribution is -2.26. The minimum absolute atomic E-state index is 0.275. The van der Waals surface area contributed by atoms with Crippen LogP contribution in [0, 0.1) is 5.82 Å². The van der Waals surface area contributed by atoms with Gasteiger partial charge in [0.15, 0.2) is 11.6 Å². The van der Waals surface area contributed by atoms with Gasteiger partial charge in [0.1, 0.15) is 0 Å². The van der Waals surface area contributed by atoms with Crippen LogP contribution in [0.15, 0.2) is 43.6 Å². The summed E-state index contributed by atoms with van der Waals surface area (Å²) >= 11 is 0. The maximum absolute atomic E-state index is 14.4. The SMILES string of the molecule is C=CCN(CC=C)CCc1c[nH]c2ccc(OC)c(F)c12. The number of hydrogen-bond donors (Lipinski definition) is 1. The van der Waals surface area contributed by atoms with Crippen molar-refractivity contribution in [3.8, 4) is 5.75 Å². The predicted octanol–water partition coefficient (Wildman–Crippen LogP) is 3.53. The first kappa shape index (κ1) is 15.3. The summed E-state index contributed by atoms with van der Waals surface area (Å²) in [5, 5.41) is 0.617. The summed E-state index contributed by atoms with van der Waals surface area (Å²) in [6.07, 6.45) is 6.35. The molecule has 0 fully saturated rings. The molecule has 0 aliphatic rings.